The number of nitrogens with zero attached hydrogens (tertiary/aromatic N) is 8. The Morgan fingerprint density at radius 3 is 2.81 bits per heavy atom. The van der Waals surface area contributed by atoms with E-state index in [4.69, 9.17) is 0 Å². The molecule has 0 unspecified atom stereocenters. The summed E-state index contributed by atoms with van der Waals surface area (Å²) in [6.07, 6.45) is 8.28. The first-order valence-corrected chi connectivity index (χ1v) is 9.75. The van der Waals surface area contributed by atoms with Crippen molar-refractivity contribution in [2.75, 3.05) is 13.1 Å². The van der Waals surface area contributed by atoms with Crippen molar-refractivity contribution in [3.8, 4) is 0 Å². The lowest BCUT2D eigenvalue weighted by Crippen LogP contribution is -2.35. The van der Waals surface area contributed by atoms with Gasteiger partial charge >= 0.3 is 0 Å². The lowest BCUT2D eigenvalue weighted by Gasteiger charge is -2.32. The average molecular weight is 368 g/mol. The molecule has 3 aromatic heterocycles. The van der Waals surface area contributed by atoms with Crippen LogP contribution < -0.4 is 0 Å². The Morgan fingerprint density at radius 1 is 1.19 bits per heavy atom. The summed E-state index contributed by atoms with van der Waals surface area (Å²) in [5.41, 5.74) is 2.47. The van der Waals surface area contributed by atoms with E-state index >= 15 is 0 Å². The topological polar surface area (TPSA) is 69.6 Å². The van der Waals surface area contributed by atoms with Gasteiger partial charge in [-0.05, 0) is 39.3 Å². The summed E-state index contributed by atoms with van der Waals surface area (Å²) < 4.78 is 6.06. The van der Waals surface area contributed by atoms with Gasteiger partial charge in [0.2, 0.25) is 0 Å². The molecule has 0 amide bonds. The normalized spacial score (nSPS) is 18.3. The highest BCUT2D eigenvalue weighted by atomic mass is 15.3. The first kappa shape index (κ1) is 17.9. The maximum Gasteiger partial charge on any atom is 0.154 e. The molecule has 1 saturated heterocycles. The molecule has 0 spiro atoms. The molecule has 0 aliphatic carbocycles. The fourth-order valence-corrected chi connectivity index (χ4v) is 3.93. The minimum Gasteiger partial charge on any atom is -0.316 e. The molecule has 0 N–H and O–H groups in total. The van der Waals surface area contributed by atoms with E-state index < -0.39 is 0 Å². The van der Waals surface area contributed by atoms with Crippen LogP contribution in [0.4, 0.5) is 0 Å². The highest BCUT2D eigenvalue weighted by Gasteiger charge is 2.26. The van der Waals surface area contributed by atoms with Gasteiger partial charge < -0.3 is 4.57 Å². The summed E-state index contributed by atoms with van der Waals surface area (Å²) in [5, 5.41) is 17.8. The molecule has 4 heterocycles. The SMILES string of the molecule is CCn1cc(CN2CCC[C@@H](c3nnc(Cn4cccn4)n3C)C2)c(C)n1. The van der Waals surface area contributed by atoms with Crippen LogP contribution in [-0.2, 0) is 26.7 Å². The molecule has 4 rings (SSSR count). The summed E-state index contributed by atoms with van der Waals surface area (Å²) in [6.45, 7) is 8.91. The van der Waals surface area contributed by atoms with E-state index in [1.165, 1.54) is 12.0 Å². The van der Waals surface area contributed by atoms with E-state index in [1.54, 1.807) is 6.20 Å². The van der Waals surface area contributed by atoms with Crippen LogP contribution in [0.3, 0.4) is 0 Å². The van der Waals surface area contributed by atoms with E-state index in [0.717, 1.165) is 49.9 Å². The van der Waals surface area contributed by atoms with Crippen LogP contribution in [0.2, 0.25) is 0 Å². The third-order valence-electron chi connectivity index (χ3n) is 5.50. The van der Waals surface area contributed by atoms with Crippen LogP contribution in [0, 0.1) is 6.92 Å². The van der Waals surface area contributed by atoms with Crippen LogP contribution in [0.5, 0.6) is 0 Å². The second-order valence-corrected chi connectivity index (χ2v) is 7.41. The molecule has 1 fully saturated rings. The highest BCUT2D eigenvalue weighted by molar-refractivity contribution is 5.16. The Bertz CT molecular complexity index is 876. The van der Waals surface area contributed by atoms with Crippen molar-refractivity contribution in [2.24, 2.45) is 7.05 Å². The van der Waals surface area contributed by atoms with Crippen molar-refractivity contribution in [1.29, 1.82) is 0 Å². The van der Waals surface area contributed by atoms with Crippen LogP contribution in [-0.4, -0.2) is 52.3 Å². The number of likely N-dealkylation sites (tertiary alicyclic amines) is 1. The van der Waals surface area contributed by atoms with Gasteiger partial charge in [0.1, 0.15) is 12.4 Å². The molecule has 144 valence electrons. The molecule has 8 nitrogen and oxygen atoms in total. The highest BCUT2D eigenvalue weighted by Crippen LogP contribution is 2.27. The Balaban J connectivity index is 1.45. The zero-order valence-electron chi connectivity index (χ0n) is 16.4. The third-order valence-corrected chi connectivity index (χ3v) is 5.50. The molecule has 1 aliphatic rings. The number of hydrogen-bond donors (Lipinski definition) is 0. The Hall–Kier alpha value is -2.48. The van der Waals surface area contributed by atoms with Crippen molar-refractivity contribution in [3.05, 3.63) is 47.6 Å². The molecule has 1 atom stereocenters. The van der Waals surface area contributed by atoms with E-state index in [2.05, 4.69) is 57.0 Å². The number of aryl methyl sites for hydroxylation is 2. The summed E-state index contributed by atoms with van der Waals surface area (Å²) >= 11 is 0. The maximum atomic E-state index is 4.58. The molecular formula is C19H28N8. The second kappa shape index (κ2) is 7.64. The summed E-state index contributed by atoms with van der Waals surface area (Å²) in [7, 11) is 2.07. The van der Waals surface area contributed by atoms with Crippen LogP contribution in [0.1, 0.15) is 48.6 Å². The van der Waals surface area contributed by atoms with E-state index in [1.807, 2.05) is 21.6 Å². The van der Waals surface area contributed by atoms with Gasteiger partial charge in [-0.15, -0.1) is 10.2 Å². The predicted octanol–water partition coefficient (Wildman–Crippen LogP) is 1.96. The standard InChI is InChI=1S/C19H28N8/c1-4-26-13-17(15(2)23-26)12-25-9-5-7-16(11-25)19-22-21-18(24(19)3)14-27-10-6-8-20-27/h6,8,10,13,16H,4-5,7,9,11-12,14H2,1-3H3/t16-/m1/s1. The Morgan fingerprint density at radius 2 is 2.07 bits per heavy atom. The van der Waals surface area contributed by atoms with Gasteiger partial charge in [0.15, 0.2) is 5.82 Å². The minimum atomic E-state index is 0.421. The van der Waals surface area contributed by atoms with Crippen LogP contribution in [0.15, 0.2) is 24.7 Å². The van der Waals surface area contributed by atoms with E-state index in [0.29, 0.717) is 12.5 Å². The molecule has 0 bridgehead atoms. The van der Waals surface area contributed by atoms with Crippen molar-refractivity contribution in [2.45, 2.75) is 52.2 Å². The molecule has 0 aromatic carbocycles. The lowest BCUT2D eigenvalue weighted by molar-refractivity contribution is 0.194. The van der Waals surface area contributed by atoms with E-state index in [9.17, 15) is 0 Å². The van der Waals surface area contributed by atoms with Crippen molar-refractivity contribution < 1.29 is 0 Å². The molecule has 0 radical (unpaired) electrons. The fourth-order valence-electron chi connectivity index (χ4n) is 3.93. The van der Waals surface area contributed by atoms with Gasteiger partial charge in [0, 0.05) is 56.8 Å². The molecular weight excluding hydrogens is 340 g/mol. The largest absolute Gasteiger partial charge is 0.316 e. The Kier molecular flexibility index (Phi) is 5.07. The van der Waals surface area contributed by atoms with Crippen molar-refractivity contribution in [1.82, 2.24) is 39.2 Å². The zero-order chi connectivity index (χ0) is 18.8. The van der Waals surface area contributed by atoms with Gasteiger partial charge in [-0.2, -0.15) is 10.2 Å². The first-order valence-electron chi connectivity index (χ1n) is 9.75. The fraction of sp³-hybridized carbons (Fsp3) is 0.579. The van der Waals surface area contributed by atoms with Gasteiger partial charge in [0.25, 0.3) is 0 Å². The monoisotopic (exact) mass is 368 g/mol. The minimum absolute atomic E-state index is 0.421. The van der Waals surface area contributed by atoms with Crippen molar-refractivity contribution in [3.63, 3.8) is 0 Å². The van der Waals surface area contributed by atoms with Crippen LogP contribution in [0.25, 0.3) is 0 Å². The van der Waals surface area contributed by atoms with Gasteiger partial charge in [-0.1, -0.05) is 0 Å². The molecule has 1 aliphatic heterocycles. The lowest BCUT2D eigenvalue weighted by atomic mass is 9.96. The van der Waals surface area contributed by atoms with Gasteiger partial charge in [-0.25, -0.2) is 0 Å². The number of piperidine rings is 1. The van der Waals surface area contributed by atoms with Crippen molar-refractivity contribution >= 4 is 0 Å². The first-order chi connectivity index (χ1) is 13.1. The molecule has 0 saturated carbocycles. The molecule has 3 aromatic rings. The second-order valence-electron chi connectivity index (χ2n) is 7.41. The smallest absolute Gasteiger partial charge is 0.154 e. The molecule has 8 heteroatoms. The summed E-state index contributed by atoms with van der Waals surface area (Å²) in [4.78, 5) is 2.53. The zero-order valence-corrected chi connectivity index (χ0v) is 16.4. The quantitative estimate of drug-likeness (QED) is 0.665. The summed E-state index contributed by atoms with van der Waals surface area (Å²) in [5.74, 6) is 2.46. The van der Waals surface area contributed by atoms with Gasteiger partial charge in [0.05, 0.1) is 5.69 Å². The number of aromatic nitrogens is 7. The van der Waals surface area contributed by atoms with Crippen LogP contribution >= 0.6 is 0 Å². The molecule has 27 heavy (non-hydrogen) atoms. The van der Waals surface area contributed by atoms with E-state index in [-0.39, 0.29) is 0 Å². The maximum absolute atomic E-state index is 4.58. The predicted molar refractivity (Wildman–Crippen MR) is 102 cm³/mol. The average Bonchev–Trinajstić information content (AvgIpc) is 3.39. The number of rotatable bonds is 6. The Labute approximate surface area is 159 Å². The third kappa shape index (κ3) is 3.80. The summed E-state index contributed by atoms with van der Waals surface area (Å²) in [6, 6.07) is 1.93. The van der Waals surface area contributed by atoms with Gasteiger partial charge in [-0.3, -0.25) is 14.3 Å². The number of hydrogen-bond acceptors (Lipinski definition) is 5.